The summed E-state index contributed by atoms with van der Waals surface area (Å²) in [6.45, 7) is 1.61. The molecule has 0 radical (unpaired) electrons. The van der Waals surface area contributed by atoms with Crippen LogP contribution in [0.1, 0.15) is 39.0 Å². The second-order valence-electron chi connectivity index (χ2n) is 3.83. The monoisotopic (exact) mass is 198 g/mol. The zero-order chi connectivity index (χ0) is 10.4. The standard InChI is InChI=1S/C12H19FO/c1-2-12(14)11-7-5-10(6-8-11)4-3-9-13/h2,4,11,14H,3,5-9H2,1H3. The fraction of sp³-hybridized carbons (Fsp3) is 0.667. The van der Waals surface area contributed by atoms with E-state index in [0.717, 1.165) is 25.7 Å². The van der Waals surface area contributed by atoms with Crippen LogP contribution in [-0.4, -0.2) is 11.8 Å². The minimum absolute atomic E-state index is 0.257. The topological polar surface area (TPSA) is 20.2 Å². The second-order valence-corrected chi connectivity index (χ2v) is 3.83. The summed E-state index contributed by atoms with van der Waals surface area (Å²) in [5, 5.41) is 9.53. The van der Waals surface area contributed by atoms with Crippen molar-refractivity contribution >= 4 is 0 Å². The third-order valence-electron chi connectivity index (χ3n) is 2.88. The number of halogens is 1. The van der Waals surface area contributed by atoms with Gasteiger partial charge in [-0.1, -0.05) is 11.6 Å². The minimum atomic E-state index is -0.257. The van der Waals surface area contributed by atoms with Crippen LogP contribution in [0.4, 0.5) is 4.39 Å². The summed E-state index contributed by atoms with van der Waals surface area (Å²) in [5.41, 5.74) is 1.36. The Labute approximate surface area is 85.3 Å². The summed E-state index contributed by atoms with van der Waals surface area (Å²) in [5.74, 6) is 0.858. The highest BCUT2D eigenvalue weighted by molar-refractivity contribution is 5.09. The van der Waals surface area contributed by atoms with Crippen LogP contribution in [0.5, 0.6) is 0 Å². The van der Waals surface area contributed by atoms with Gasteiger partial charge in [0, 0.05) is 5.92 Å². The summed E-state index contributed by atoms with van der Waals surface area (Å²) >= 11 is 0. The second kappa shape index (κ2) is 5.84. The van der Waals surface area contributed by atoms with Crippen LogP contribution in [0.25, 0.3) is 0 Å². The number of hydrogen-bond donors (Lipinski definition) is 1. The van der Waals surface area contributed by atoms with Crippen LogP contribution in [-0.2, 0) is 0 Å². The number of aliphatic hydroxyl groups excluding tert-OH is 1. The Balaban J connectivity index is 2.38. The van der Waals surface area contributed by atoms with Gasteiger partial charge in [-0.25, -0.2) is 0 Å². The van der Waals surface area contributed by atoms with Crippen LogP contribution in [0, 0.1) is 5.92 Å². The van der Waals surface area contributed by atoms with Crippen LogP contribution < -0.4 is 0 Å². The molecule has 0 aromatic heterocycles. The van der Waals surface area contributed by atoms with Gasteiger partial charge in [-0.15, -0.1) is 0 Å². The van der Waals surface area contributed by atoms with Crippen LogP contribution in [0.2, 0.25) is 0 Å². The highest BCUT2D eigenvalue weighted by atomic mass is 19.1. The molecule has 1 rings (SSSR count). The number of alkyl halides is 1. The van der Waals surface area contributed by atoms with Gasteiger partial charge in [0.2, 0.25) is 0 Å². The van der Waals surface area contributed by atoms with E-state index in [1.54, 1.807) is 6.08 Å². The van der Waals surface area contributed by atoms with Crippen molar-refractivity contribution in [2.75, 3.05) is 6.67 Å². The lowest BCUT2D eigenvalue weighted by Crippen LogP contribution is -2.10. The van der Waals surface area contributed by atoms with Gasteiger partial charge < -0.3 is 5.11 Å². The Morgan fingerprint density at radius 3 is 2.64 bits per heavy atom. The van der Waals surface area contributed by atoms with Gasteiger partial charge in [0.05, 0.1) is 12.4 Å². The molecule has 14 heavy (non-hydrogen) atoms. The molecule has 0 aromatic rings. The van der Waals surface area contributed by atoms with Crippen molar-refractivity contribution in [1.82, 2.24) is 0 Å². The van der Waals surface area contributed by atoms with Crippen molar-refractivity contribution in [1.29, 1.82) is 0 Å². The van der Waals surface area contributed by atoms with E-state index in [4.69, 9.17) is 0 Å². The lowest BCUT2D eigenvalue weighted by molar-refractivity contribution is 0.293. The molecule has 1 N–H and O–H groups in total. The fourth-order valence-electron chi connectivity index (χ4n) is 1.98. The average Bonchev–Trinajstić information content (AvgIpc) is 2.26. The van der Waals surface area contributed by atoms with Crippen molar-refractivity contribution in [3.63, 3.8) is 0 Å². The Morgan fingerprint density at radius 2 is 2.14 bits per heavy atom. The number of allylic oxidation sites excluding steroid dienone is 4. The largest absolute Gasteiger partial charge is 0.512 e. The molecule has 0 saturated heterocycles. The molecular formula is C12H19FO. The lowest BCUT2D eigenvalue weighted by atomic mass is 9.84. The Kier molecular flexibility index (Phi) is 4.71. The summed E-state index contributed by atoms with van der Waals surface area (Å²) in [6, 6.07) is 0. The van der Waals surface area contributed by atoms with E-state index >= 15 is 0 Å². The third kappa shape index (κ3) is 3.17. The van der Waals surface area contributed by atoms with Gasteiger partial charge in [0.1, 0.15) is 0 Å². The normalized spacial score (nSPS) is 23.7. The lowest BCUT2D eigenvalue weighted by Gasteiger charge is -2.23. The van der Waals surface area contributed by atoms with Gasteiger partial charge in [0.15, 0.2) is 0 Å². The van der Waals surface area contributed by atoms with Crippen LogP contribution in [0.3, 0.4) is 0 Å². The molecule has 0 spiro atoms. The molecule has 1 nitrogen and oxygen atoms in total. The predicted octanol–water partition coefficient (Wildman–Crippen LogP) is 3.92. The summed E-state index contributed by atoms with van der Waals surface area (Å²) < 4.78 is 11.9. The first kappa shape index (κ1) is 11.3. The Morgan fingerprint density at radius 1 is 1.50 bits per heavy atom. The molecule has 80 valence electrons. The summed E-state index contributed by atoms with van der Waals surface area (Å²) in [4.78, 5) is 0. The molecule has 0 heterocycles. The maximum Gasteiger partial charge on any atom is 0.0928 e. The maximum atomic E-state index is 11.9. The van der Waals surface area contributed by atoms with E-state index in [9.17, 15) is 9.50 Å². The fourth-order valence-corrected chi connectivity index (χ4v) is 1.98. The molecule has 1 fully saturated rings. The van der Waals surface area contributed by atoms with E-state index in [2.05, 4.69) is 0 Å². The molecule has 0 aliphatic heterocycles. The SMILES string of the molecule is CC=C(O)C1CCC(=CCCF)CC1. The Hall–Kier alpha value is -0.790. The van der Waals surface area contributed by atoms with Crippen LogP contribution >= 0.6 is 0 Å². The number of rotatable bonds is 3. The van der Waals surface area contributed by atoms with Gasteiger partial charge in [-0.3, -0.25) is 4.39 Å². The molecule has 1 aliphatic rings. The molecule has 2 heteroatoms. The molecule has 0 amide bonds. The van der Waals surface area contributed by atoms with Gasteiger partial charge in [-0.2, -0.15) is 0 Å². The zero-order valence-corrected chi connectivity index (χ0v) is 8.80. The molecule has 0 unspecified atom stereocenters. The molecule has 1 saturated carbocycles. The molecular weight excluding hydrogens is 179 g/mol. The van der Waals surface area contributed by atoms with E-state index in [0.29, 0.717) is 18.1 Å². The maximum absolute atomic E-state index is 11.9. The number of aliphatic hydroxyl groups is 1. The molecule has 0 atom stereocenters. The summed E-state index contributed by atoms with van der Waals surface area (Å²) in [6.07, 6.45) is 8.40. The van der Waals surface area contributed by atoms with E-state index in [1.807, 2.05) is 13.0 Å². The van der Waals surface area contributed by atoms with Crippen molar-refractivity contribution in [2.45, 2.75) is 39.0 Å². The summed E-state index contributed by atoms with van der Waals surface area (Å²) in [7, 11) is 0. The van der Waals surface area contributed by atoms with Crippen molar-refractivity contribution in [2.24, 2.45) is 5.92 Å². The molecule has 0 bridgehead atoms. The Bertz CT molecular complexity index is 220. The molecule has 0 aromatic carbocycles. The third-order valence-corrected chi connectivity index (χ3v) is 2.88. The average molecular weight is 198 g/mol. The molecule has 1 aliphatic carbocycles. The number of hydrogen-bond acceptors (Lipinski definition) is 1. The van der Waals surface area contributed by atoms with Crippen LogP contribution in [0.15, 0.2) is 23.5 Å². The van der Waals surface area contributed by atoms with Crippen molar-refractivity contribution in [3.05, 3.63) is 23.5 Å². The van der Waals surface area contributed by atoms with E-state index in [-0.39, 0.29) is 6.67 Å². The highest BCUT2D eigenvalue weighted by Gasteiger charge is 2.18. The highest BCUT2D eigenvalue weighted by Crippen LogP contribution is 2.31. The van der Waals surface area contributed by atoms with E-state index < -0.39 is 0 Å². The van der Waals surface area contributed by atoms with Gasteiger partial charge in [-0.05, 0) is 45.1 Å². The van der Waals surface area contributed by atoms with Crippen molar-refractivity contribution in [3.8, 4) is 0 Å². The van der Waals surface area contributed by atoms with Crippen molar-refractivity contribution < 1.29 is 9.50 Å². The van der Waals surface area contributed by atoms with Gasteiger partial charge in [0.25, 0.3) is 0 Å². The van der Waals surface area contributed by atoms with Gasteiger partial charge >= 0.3 is 0 Å². The zero-order valence-electron chi connectivity index (χ0n) is 8.80. The predicted molar refractivity (Wildman–Crippen MR) is 57.0 cm³/mol. The first-order chi connectivity index (χ1) is 6.77. The first-order valence-electron chi connectivity index (χ1n) is 5.37. The smallest absolute Gasteiger partial charge is 0.0928 e. The minimum Gasteiger partial charge on any atom is -0.512 e. The first-order valence-corrected chi connectivity index (χ1v) is 5.37. The quantitative estimate of drug-likeness (QED) is 0.538. The van der Waals surface area contributed by atoms with E-state index in [1.165, 1.54) is 5.57 Å².